The Morgan fingerprint density at radius 3 is 2.85 bits per heavy atom. The fraction of sp³-hybridized carbons (Fsp3) is 0.600. The number of rotatable bonds is 11. The van der Waals surface area contributed by atoms with Crippen molar-refractivity contribution in [2.75, 3.05) is 46.9 Å². The van der Waals surface area contributed by atoms with E-state index in [1.54, 1.807) is 17.4 Å². The van der Waals surface area contributed by atoms with Crippen LogP contribution in [0.25, 0.3) is 0 Å². The van der Waals surface area contributed by atoms with Crippen LogP contribution in [0.4, 0.5) is 0 Å². The number of aliphatic hydroxyl groups excluding tert-OH is 1. The van der Waals surface area contributed by atoms with Gasteiger partial charge in [0.1, 0.15) is 0 Å². The van der Waals surface area contributed by atoms with Crippen molar-refractivity contribution in [3.05, 3.63) is 35.0 Å². The molecular formula is C15H26N2O2S. The minimum Gasteiger partial charge on any atom is -0.389 e. The molecule has 0 aromatic carbocycles. The molecular weight excluding hydrogens is 272 g/mol. The number of aliphatic hydroxyl groups is 1. The Hall–Kier alpha value is -0.720. The number of thiophene rings is 1. The summed E-state index contributed by atoms with van der Waals surface area (Å²) in [5.74, 6) is 0. The quantitative estimate of drug-likeness (QED) is 0.498. The maximum atomic E-state index is 10.0. The summed E-state index contributed by atoms with van der Waals surface area (Å²) < 4.78 is 5.30. The van der Waals surface area contributed by atoms with E-state index >= 15 is 0 Å². The first-order valence-electron chi connectivity index (χ1n) is 6.86. The van der Waals surface area contributed by atoms with Gasteiger partial charge in [-0.15, -0.1) is 6.58 Å². The summed E-state index contributed by atoms with van der Waals surface area (Å²) in [4.78, 5) is 4.42. The van der Waals surface area contributed by atoms with Crippen LogP contribution >= 0.6 is 11.3 Å². The SMILES string of the molecule is C=CCOCC(O)CN(CCN(C)C)Cc1ccsc1. The molecule has 1 aromatic heterocycles. The van der Waals surface area contributed by atoms with Gasteiger partial charge in [0.25, 0.3) is 0 Å². The van der Waals surface area contributed by atoms with E-state index in [9.17, 15) is 5.11 Å². The van der Waals surface area contributed by atoms with Crippen LogP contribution in [0.1, 0.15) is 5.56 Å². The van der Waals surface area contributed by atoms with Crippen molar-refractivity contribution in [2.24, 2.45) is 0 Å². The minimum absolute atomic E-state index is 0.355. The average Bonchev–Trinajstić information content (AvgIpc) is 2.89. The molecule has 0 saturated heterocycles. The summed E-state index contributed by atoms with van der Waals surface area (Å²) in [5.41, 5.74) is 1.30. The van der Waals surface area contributed by atoms with Crippen LogP contribution in [0.5, 0.6) is 0 Å². The summed E-state index contributed by atoms with van der Waals surface area (Å²) in [5, 5.41) is 14.3. The van der Waals surface area contributed by atoms with Gasteiger partial charge in [-0.1, -0.05) is 6.08 Å². The number of ether oxygens (including phenoxy) is 1. The topological polar surface area (TPSA) is 35.9 Å². The van der Waals surface area contributed by atoms with Crippen molar-refractivity contribution < 1.29 is 9.84 Å². The van der Waals surface area contributed by atoms with Gasteiger partial charge in [-0.3, -0.25) is 4.90 Å². The highest BCUT2D eigenvalue weighted by atomic mass is 32.1. The lowest BCUT2D eigenvalue weighted by atomic mass is 10.2. The summed E-state index contributed by atoms with van der Waals surface area (Å²) in [6.45, 7) is 7.84. The highest BCUT2D eigenvalue weighted by molar-refractivity contribution is 7.07. The zero-order valence-corrected chi connectivity index (χ0v) is 13.3. The number of nitrogens with zero attached hydrogens (tertiary/aromatic N) is 2. The van der Waals surface area contributed by atoms with E-state index in [0.29, 0.717) is 19.8 Å². The first-order valence-corrected chi connectivity index (χ1v) is 7.81. The van der Waals surface area contributed by atoms with Gasteiger partial charge >= 0.3 is 0 Å². The number of hydrogen-bond donors (Lipinski definition) is 1. The Bertz CT molecular complexity index is 355. The third-order valence-corrected chi connectivity index (χ3v) is 3.60. The first kappa shape index (κ1) is 17.3. The van der Waals surface area contributed by atoms with E-state index in [0.717, 1.165) is 19.6 Å². The van der Waals surface area contributed by atoms with Gasteiger partial charge < -0.3 is 14.7 Å². The predicted molar refractivity (Wildman–Crippen MR) is 85.2 cm³/mol. The maximum Gasteiger partial charge on any atom is 0.0900 e. The fourth-order valence-corrected chi connectivity index (χ4v) is 2.52. The van der Waals surface area contributed by atoms with Gasteiger partial charge in [-0.2, -0.15) is 11.3 Å². The lowest BCUT2D eigenvalue weighted by molar-refractivity contribution is 0.0235. The van der Waals surface area contributed by atoms with Crippen LogP contribution in [0, 0.1) is 0 Å². The van der Waals surface area contributed by atoms with Gasteiger partial charge in [-0.25, -0.2) is 0 Å². The Morgan fingerprint density at radius 1 is 1.45 bits per heavy atom. The molecule has 1 rings (SSSR count). The van der Waals surface area contributed by atoms with Crippen molar-refractivity contribution in [3.8, 4) is 0 Å². The zero-order valence-electron chi connectivity index (χ0n) is 12.5. The second-order valence-corrected chi connectivity index (χ2v) is 5.93. The van der Waals surface area contributed by atoms with Crippen LogP contribution < -0.4 is 0 Å². The van der Waals surface area contributed by atoms with Crippen molar-refractivity contribution in [1.29, 1.82) is 0 Å². The lowest BCUT2D eigenvalue weighted by Gasteiger charge is -2.26. The molecule has 0 fully saturated rings. The van der Waals surface area contributed by atoms with Crippen LogP contribution in [0.3, 0.4) is 0 Å². The van der Waals surface area contributed by atoms with Gasteiger partial charge in [0.15, 0.2) is 0 Å². The van der Waals surface area contributed by atoms with Crippen molar-refractivity contribution >= 4 is 11.3 Å². The van der Waals surface area contributed by atoms with E-state index in [2.05, 4.69) is 47.3 Å². The highest BCUT2D eigenvalue weighted by Crippen LogP contribution is 2.10. The Morgan fingerprint density at radius 2 is 2.25 bits per heavy atom. The molecule has 1 heterocycles. The molecule has 114 valence electrons. The molecule has 1 unspecified atom stereocenters. The van der Waals surface area contributed by atoms with Crippen LogP contribution in [0.15, 0.2) is 29.5 Å². The molecule has 4 nitrogen and oxygen atoms in total. The Balaban J connectivity index is 2.41. The molecule has 5 heteroatoms. The lowest BCUT2D eigenvalue weighted by Crippen LogP contribution is -2.38. The first-order chi connectivity index (χ1) is 9.61. The Labute approximate surface area is 126 Å². The van der Waals surface area contributed by atoms with E-state index in [1.807, 2.05) is 0 Å². The molecule has 0 radical (unpaired) electrons. The molecule has 0 aliphatic heterocycles. The summed E-state index contributed by atoms with van der Waals surface area (Å²) in [6.07, 6.45) is 1.23. The number of likely N-dealkylation sites (N-methyl/N-ethyl adjacent to an activating group) is 1. The second kappa shape index (κ2) is 10.1. The molecule has 20 heavy (non-hydrogen) atoms. The van der Waals surface area contributed by atoms with Gasteiger partial charge in [0, 0.05) is 26.2 Å². The van der Waals surface area contributed by atoms with Gasteiger partial charge in [0.05, 0.1) is 19.3 Å². The summed E-state index contributed by atoms with van der Waals surface area (Å²) >= 11 is 1.71. The summed E-state index contributed by atoms with van der Waals surface area (Å²) in [7, 11) is 4.12. The van der Waals surface area contributed by atoms with Gasteiger partial charge in [-0.05, 0) is 36.5 Å². The number of hydrogen-bond acceptors (Lipinski definition) is 5. The standard InChI is InChI=1S/C15H26N2O2S/c1-4-8-19-12-15(18)11-17(7-6-16(2)3)10-14-5-9-20-13-14/h4-5,9,13,15,18H,1,6-8,10-12H2,2-3H3. The molecule has 0 spiro atoms. The molecule has 1 N–H and O–H groups in total. The normalized spacial score (nSPS) is 13.1. The van der Waals surface area contributed by atoms with Crippen LogP contribution in [0.2, 0.25) is 0 Å². The second-order valence-electron chi connectivity index (χ2n) is 5.15. The predicted octanol–water partition coefficient (Wildman–Crippen LogP) is 1.68. The van der Waals surface area contributed by atoms with Crippen molar-refractivity contribution in [2.45, 2.75) is 12.6 Å². The van der Waals surface area contributed by atoms with Crippen LogP contribution in [-0.4, -0.2) is 68.0 Å². The molecule has 1 aromatic rings. The van der Waals surface area contributed by atoms with Crippen molar-refractivity contribution in [3.63, 3.8) is 0 Å². The molecule has 0 aliphatic carbocycles. The molecule has 0 saturated carbocycles. The third-order valence-electron chi connectivity index (χ3n) is 2.86. The monoisotopic (exact) mass is 298 g/mol. The molecule has 0 bridgehead atoms. The minimum atomic E-state index is -0.462. The van der Waals surface area contributed by atoms with Crippen molar-refractivity contribution in [1.82, 2.24) is 9.80 Å². The zero-order chi connectivity index (χ0) is 14.8. The Kier molecular flexibility index (Phi) is 8.73. The highest BCUT2D eigenvalue weighted by Gasteiger charge is 2.13. The van der Waals surface area contributed by atoms with E-state index in [4.69, 9.17) is 4.74 Å². The summed E-state index contributed by atoms with van der Waals surface area (Å²) in [6, 6.07) is 2.13. The largest absolute Gasteiger partial charge is 0.389 e. The van der Waals surface area contributed by atoms with E-state index < -0.39 is 6.10 Å². The average molecular weight is 298 g/mol. The fourth-order valence-electron chi connectivity index (χ4n) is 1.86. The molecule has 1 atom stereocenters. The maximum absolute atomic E-state index is 10.0. The molecule has 0 amide bonds. The third kappa shape index (κ3) is 7.77. The smallest absolute Gasteiger partial charge is 0.0900 e. The molecule has 0 aliphatic rings. The van der Waals surface area contributed by atoms with E-state index in [1.165, 1.54) is 5.56 Å². The van der Waals surface area contributed by atoms with E-state index in [-0.39, 0.29) is 0 Å². The van der Waals surface area contributed by atoms with Gasteiger partial charge in [0.2, 0.25) is 0 Å². The van der Waals surface area contributed by atoms with Crippen LogP contribution in [-0.2, 0) is 11.3 Å².